The summed E-state index contributed by atoms with van der Waals surface area (Å²) in [6.07, 6.45) is 4.94. The van der Waals surface area contributed by atoms with Gasteiger partial charge in [-0.2, -0.15) is 0 Å². The van der Waals surface area contributed by atoms with Crippen molar-refractivity contribution in [1.29, 1.82) is 0 Å². The number of benzene rings is 1. The minimum absolute atomic E-state index is 0. The summed E-state index contributed by atoms with van der Waals surface area (Å²) in [4.78, 5) is 4.29. The molecule has 0 aromatic heterocycles. The molecule has 1 aromatic rings. The quantitative estimate of drug-likeness (QED) is 0.292. The average Bonchev–Trinajstić information content (AvgIpc) is 3.08. The molecular formula is C18H30IN3O2. The lowest BCUT2D eigenvalue weighted by atomic mass is 9.78. The first-order valence-corrected chi connectivity index (χ1v) is 8.32. The van der Waals surface area contributed by atoms with Crippen molar-refractivity contribution < 1.29 is 9.47 Å². The van der Waals surface area contributed by atoms with Gasteiger partial charge in [0.05, 0.1) is 13.7 Å². The smallest absolute Gasteiger partial charge is 0.191 e. The van der Waals surface area contributed by atoms with Crippen molar-refractivity contribution in [3.8, 4) is 5.75 Å². The molecular weight excluding hydrogens is 417 g/mol. The van der Waals surface area contributed by atoms with E-state index in [9.17, 15) is 0 Å². The molecule has 6 heteroatoms. The maximum absolute atomic E-state index is 5.40. The Labute approximate surface area is 162 Å². The van der Waals surface area contributed by atoms with E-state index < -0.39 is 0 Å². The van der Waals surface area contributed by atoms with Gasteiger partial charge in [-0.05, 0) is 30.5 Å². The molecule has 24 heavy (non-hydrogen) atoms. The van der Waals surface area contributed by atoms with Crippen LogP contribution in [-0.4, -0.2) is 46.9 Å². The largest absolute Gasteiger partial charge is 0.497 e. The molecule has 1 fully saturated rings. The maximum Gasteiger partial charge on any atom is 0.191 e. The van der Waals surface area contributed by atoms with Crippen LogP contribution in [-0.2, 0) is 10.2 Å². The number of nitrogens with one attached hydrogen (secondary N) is 2. The minimum atomic E-state index is 0. The lowest BCUT2D eigenvalue weighted by Crippen LogP contribution is -2.45. The summed E-state index contributed by atoms with van der Waals surface area (Å²) in [6, 6.07) is 8.48. The zero-order chi connectivity index (χ0) is 16.5. The molecule has 0 atom stereocenters. The fraction of sp³-hybridized carbons (Fsp3) is 0.611. The molecule has 0 aliphatic heterocycles. The van der Waals surface area contributed by atoms with Gasteiger partial charge in [0, 0.05) is 32.7 Å². The van der Waals surface area contributed by atoms with Gasteiger partial charge >= 0.3 is 0 Å². The molecule has 2 N–H and O–H groups in total. The first-order chi connectivity index (χ1) is 11.2. The van der Waals surface area contributed by atoms with Gasteiger partial charge in [0.25, 0.3) is 0 Å². The van der Waals surface area contributed by atoms with E-state index in [0.29, 0.717) is 6.61 Å². The van der Waals surface area contributed by atoms with Crippen molar-refractivity contribution in [2.45, 2.75) is 31.1 Å². The van der Waals surface area contributed by atoms with E-state index in [1.54, 1.807) is 21.3 Å². The fourth-order valence-electron chi connectivity index (χ4n) is 3.32. The second-order valence-corrected chi connectivity index (χ2v) is 6.06. The molecule has 1 saturated carbocycles. The van der Waals surface area contributed by atoms with Gasteiger partial charge < -0.3 is 20.1 Å². The summed E-state index contributed by atoms with van der Waals surface area (Å²) >= 11 is 0. The SMILES string of the molecule is CN=C(NCCOC)NCC1(c2cccc(OC)c2)CCCC1.I. The lowest BCUT2D eigenvalue weighted by molar-refractivity contribution is 0.203. The number of hydrogen-bond acceptors (Lipinski definition) is 3. The van der Waals surface area contributed by atoms with Crippen LogP contribution in [0.15, 0.2) is 29.3 Å². The van der Waals surface area contributed by atoms with Gasteiger partial charge in [-0.25, -0.2) is 0 Å². The highest BCUT2D eigenvalue weighted by atomic mass is 127. The molecule has 0 amide bonds. The van der Waals surface area contributed by atoms with Crippen LogP contribution in [0.2, 0.25) is 0 Å². The molecule has 0 saturated heterocycles. The van der Waals surface area contributed by atoms with Crippen LogP contribution in [0.25, 0.3) is 0 Å². The Balaban J connectivity index is 0.00000288. The Morgan fingerprint density at radius 2 is 1.96 bits per heavy atom. The third-order valence-corrected chi connectivity index (χ3v) is 4.66. The van der Waals surface area contributed by atoms with Crippen molar-refractivity contribution in [3.63, 3.8) is 0 Å². The second-order valence-electron chi connectivity index (χ2n) is 6.06. The van der Waals surface area contributed by atoms with Crippen LogP contribution >= 0.6 is 24.0 Å². The lowest BCUT2D eigenvalue weighted by Gasteiger charge is -2.31. The van der Waals surface area contributed by atoms with Gasteiger partial charge in [0.2, 0.25) is 0 Å². The first-order valence-electron chi connectivity index (χ1n) is 8.32. The van der Waals surface area contributed by atoms with Crippen LogP contribution in [0, 0.1) is 0 Å². The van der Waals surface area contributed by atoms with E-state index in [4.69, 9.17) is 9.47 Å². The van der Waals surface area contributed by atoms with E-state index >= 15 is 0 Å². The third kappa shape index (κ3) is 5.51. The van der Waals surface area contributed by atoms with Gasteiger partial charge in [-0.1, -0.05) is 25.0 Å². The van der Waals surface area contributed by atoms with Crippen LogP contribution in [0.3, 0.4) is 0 Å². The van der Waals surface area contributed by atoms with Gasteiger partial charge in [-0.3, -0.25) is 4.99 Å². The molecule has 2 rings (SSSR count). The van der Waals surface area contributed by atoms with E-state index in [1.807, 2.05) is 6.07 Å². The summed E-state index contributed by atoms with van der Waals surface area (Å²) in [6.45, 7) is 2.30. The molecule has 136 valence electrons. The number of nitrogens with zero attached hydrogens (tertiary/aromatic N) is 1. The molecule has 0 spiro atoms. The van der Waals surface area contributed by atoms with Gasteiger partial charge in [-0.15, -0.1) is 24.0 Å². The fourth-order valence-corrected chi connectivity index (χ4v) is 3.32. The highest BCUT2D eigenvalue weighted by molar-refractivity contribution is 14.0. The normalized spacial score (nSPS) is 16.4. The Bertz CT molecular complexity index is 517. The number of halogens is 1. The molecule has 0 bridgehead atoms. The Morgan fingerprint density at radius 1 is 1.21 bits per heavy atom. The summed E-state index contributed by atoms with van der Waals surface area (Å²) in [7, 11) is 5.23. The topological polar surface area (TPSA) is 54.9 Å². The monoisotopic (exact) mass is 447 g/mol. The van der Waals surface area contributed by atoms with E-state index in [0.717, 1.165) is 24.8 Å². The number of guanidine groups is 1. The number of methoxy groups -OCH3 is 2. The highest BCUT2D eigenvalue weighted by Crippen LogP contribution is 2.41. The zero-order valence-corrected chi connectivity index (χ0v) is 17.3. The molecule has 1 aliphatic carbocycles. The Hall–Kier alpha value is -1.02. The summed E-state index contributed by atoms with van der Waals surface area (Å²) in [5.74, 6) is 1.76. The van der Waals surface area contributed by atoms with Gasteiger partial charge in [0.1, 0.15) is 5.75 Å². The molecule has 0 heterocycles. The van der Waals surface area contributed by atoms with Crippen molar-refractivity contribution in [2.24, 2.45) is 4.99 Å². The number of ether oxygens (including phenoxy) is 2. The third-order valence-electron chi connectivity index (χ3n) is 4.66. The maximum atomic E-state index is 5.40. The van der Waals surface area contributed by atoms with Crippen molar-refractivity contribution in [1.82, 2.24) is 10.6 Å². The van der Waals surface area contributed by atoms with E-state index in [2.05, 4.69) is 33.8 Å². The van der Waals surface area contributed by atoms with Crippen LogP contribution in [0.1, 0.15) is 31.2 Å². The van der Waals surface area contributed by atoms with Crippen LogP contribution in [0.5, 0.6) is 5.75 Å². The second kappa shape index (κ2) is 10.8. The van der Waals surface area contributed by atoms with Crippen LogP contribution in [0.4, 0.5) is 0 Å². The number of aliphatic imine (C=N–C) groups is 1. The predicted octanol–water partition coefficient (Wildman–Crippen LogP) is 2.94. The predicted molar refractivity (Wildman–Crippen MR) is 110 cm³/mol. The summed E-state index contributed by atoms with van der Waals surface area (Å²) < 4.78 is 10.5. The zero-order valence-electron chi connectivity index (χ0n) is 14.9. The van der Waals surface area contributed by atoms with E-state index in [1.165, 1.54) is 31.2 Å². The van der Waals surface area contributed by atoms with Crippen molar-refractivity contribution in [3.05, 3.63) is 29.8 Å². The minimum Gasteiger partial charge on any atom is -0.497 e. The average molecular weight is 447 g/mol. The number of rotatable bonds is 7. The van der Waals surface area contributed by atoms with Gasteiger partial charge in [0.15, 0.2) is 5.96 Å². The molecule has 5 nitrogen and oxygen atoms in total. The Kier molecular flexibility index (Phi) is 9.43. The van der Waals surface area contributed by atoms with Crippen molar-refractivity contribution >= 4 is 29.9 Å². The van der Waals surface area contributed by atoms with Crippen LogP contribution < -0.4 is 15.4 Å². The first kappa shape index (κ1) is 21.0. The molecule has 1 aromatic carbocycles. The highest BCUT2D eigenvalue weighted by Gasteiger charge is 2.35. The molecule has 1 aliphatic rings. The van der Waals surface area contributed by atoms with E-state index in [-0.39, 0.29) is 29.4 Å². The summed E-state index contributed by atoms with van der Waals surface area (Å²) in [5.41, 5.74) is 1.52. The summed E-state index contributed by atoms with van der Waals surface area (Å²) in [5, 5.41) is 6.76. The standard InChI is InChI=1S/C18H29N3O2.HI/c1-19-17(20-11-12-22-2)21-14-18(9-4-5-10-18)15-7-6-8-16(13-15)23-3;/h6-8,13H,4-5,9-12,14H2,1-3H3,(H2,19,20,21);1H. The molecule has 0 radical (unpaired) electrons. The Morgan fingerprint density at radius 3 is 2.58 bits per heavy atom. The molecule has 0 unspecified atom stereocenters. The number of hydrogen-bond donors (Lipinski definition) is 2. The van der Waals surface area contributed by atoms with Crippen molar-refractivity contribution in [2.75, 3.05) is 41.0 Å².